The van der Waals surface area contributed by atoms with E-state index in [1.807, 2.05) is 42.3 Å². The molecule has 0 aliphatic carbocycles. The molecule has 0 aliphatic rings. The van der Waals surface area contributed by atoms with Gasteiger partial charge in [0.2, 0.25) is 5.91 Å². The van der Waals surface area contributed by atoms with E-state index in [4.69, 9.17) is 11.6 Å². The zero-order chi connectivity index (χ0) is 17.4. The van der Waals surface area contributed by atoms with Crippen molar-refractivity contribution in [1.29, 1.82) is 0 Å². The first kappa shape index (κ1) is 17.8. The average Bonchev–Trinajstić information content (AvgIpc) is 2.60. The summed E-state index contributed by atoms with van der Waals surface area (Å²) in [6, 6.07) is 16.6. The van der Waals surface area contributed by atoms with Crippen LogP contribution in [-0.2, 0) is 4.79 Å². The number of carbonyl (C=O) groups is 2. The molecule has 126 valence electrons. The molecular weight excluding hydrogens is 326 g/mol. The van der Waals surface area contributed by atoms with Crippen molar-refractivity contribution in [2.45, 2.75) is 0 Å². The van der Waals surface area contributed by atoms with Gasteiger partial charge in [0.25, 0.3) is 5.91 Å². The molecule has 2 aromatic carbocycles. The molecule has 0 bridgehead atoms. The number of anilines is 1. The molecule has 5 nitrogen and oxygen atoms in total. The maximum atomic E-state index is 12.0. The van der Waals surface area contributed by atoms with Crippen molar-refractivity contribution in [2.24, 2.45) is 0 Å². The minimum absolute atomic E-state index is 0.0842. The Morgan fingerprint density at radius 1 is 1.00 bits per heavy atom. The smallest absolute Gasteiger partial charge is 0.253 e. The van der Waals surface area contributed by atoms with Crippen LogP contribution >= 0.6 is 11.6 Å². The molecule has 2 amide bonds. The molecule has 0 heterocycles. The van der Waals surface area contributed by atoms with Crippen molar-refractivity contribution in [1.82, 2.24) is 10.6 Å². The highest BCUT2D eigenvalue weighted by molar-refractivity contribution is 6.33. The van der Waals surface area contributed by atoms with E-state index in [9.17, 15) is 9.59 Å². The Morgan fingerprint density at radius 2 is 1.67 bits per heavy atom. The van der Waals surface area contributed by atoms with Crippen molar-refractivity contribution < 1.29 is 9.59 Å². The zero-order valence-corrected chi connectivity index (χ0v) is 14.2. The zero-order valence-electron chi connectivity index (χ0n) is 13.5. The van der Waals surface area contributed by atoms with Gasteiger partial charge in [0.15, 0.2) is 0 Å². The van der Waals surface area contributed by atoms with Gasteiger partial charge in [-0.15, -0.1) is 0 Å². The van der Waals surface area contributed by atoms with Gasteiger partial charge in [-0.05, 0) is 24.3 Å². The average molecular weight is 346 g/mol. The maximum Gasteiger partial charge on any atom is 0.253 e. The summed E-state index contributed by atoms with van der Waals surface area (Å²) in [5, 5.41) is 5.70. The van der Waals surface area contributed by atoms with Crippen LogP contribution in [0.4, 0.5) is 5.69 Å². The molecule has 0 fully saturated rings. The number of rotatable bonds is 7. The number of halogens is 1. The Morgan fingerprint density at radius 3 is 2.38 bits per heavy atom. The molecule has 0 radical (unpaired) electrons. The van der Waals surface area contributed by atoms with Gasteiger partial charge in [-0.2, -0.15) is 0 Å². The van der Waals surface area contributed by atoms with E-state index in [0.29, 0.717) is 23.7 Å². The molecule has 6 heteroatoms. The number of likely N-dealkylation sites (N-methyl/N-ethyl adjacent to an activating group) is 1. The van der Waals surface area contributed by atoms with Crippen LogP contribution in [0.1, 0.15) is 10.4 Å². The van der Waals surface area contributed by atoms with E-state index in [1.165, 1.54) is 0 Å². The van der Waals surface area contributed by atoms with E-state index in [1.54, 1.807) is 24.3 Å². The second kappa shape index (κ2) is 8.93. The van der Waals surface area contributed by atoms with E-state index < -0.39 is 0 Å². The molecule has 24 heavy (non-hydrogen) atoms. The molecule has 0 saturated heterocycles. The van der Waals surface area contributed by atoms with Gasteiger partial charge in [0.05, 0.1) is 17.1 Å². The highest BCUT2D eigenvalue weighted by Crippen LogP contribution is 2.14. The Kier molecular flexibility index (Phi) is 6.63. The van der Waals surface area contributed by atoms with Crippen LogP contribution in [0, 0.1) is 0 Å². The maximum absolute atomic E-state index is 12.0. The van der Waals surface area contributed by atoms with Crippen molar-refractivity contribution in [3.8, 4) is 0 Å². The minimum atomic E-state index is -0.364. The lowest BCUT2D eigenvalue weighted by molar-refractivity contribution is -0.120. The minimum Gasteiger partial charge on any atom is -0.373 e. The molecular formula is C18H20ClN3O2. The molecule has 0 spiro atoms. The SMILES string of the molecule is CN(CCNC(=O)CNC(=O)c1ccccc1Cl)c1ccccc1. The molecule has 0 aliphatic heterocycles. The molecule has 0 saturated carbocycles. The lowest BCUT2D eigenvalue weighted by Gasteiger charge is -2.19. The van der Waals surface area contributed by atoms with E-state index in [0.717, 1.165) is 5.69 Å². The fourth-order valence-electron chi connectivity index (χ4n) is 2.14. The third-order valence-corrected chi connectivity index (χ3v) is 3.82. The summed E-state index contributed by atoms with van der Waals surface area (Å²) in [5.41, 5.74) is 1.44. The standard InChI is InChI=1S/C18H20ClN3O2/c1-22(14-7-3-2-4-8-14)12-11-20-17(23)13-21-18(24)15-9-5-6-10-16(15)19/h2-10H,11-13H2,1H3,(H,20,23)(H,21,24). The van der Waals surface area contributed by atoms with Gasteiger partial charge < -0.3 is 15.5 Å². The number of nitrogens with zero attached hydrogens (tertiary/aromatic N) is 1. The molecule has 2 N–H and O–H groups in total. The number of carbonyl (C=O) groups excluding carboxylic acids is 2. The Hall–Kier alpha value is -2.53. The summed E-state index contributed by atoms with van der Waals surface area (Å²) in [5.74, 6) is -0.603. The van der Waals surface area contributed by atoms with Gasteiger partial charge in [0, 0.05) is 25.8 Å². The highest BCUT2D eigenvalue weighted by atomic mass is 35.5. The number of nitrogens with one attached hydrogen (secondary N) is 2. The fraction of sp³-hybridized carbons (Fsp3) is 0.222. The summed E-state index contributed by atoms with van der Waals surface area (Å²) >= 11 is 5.94. The van der Waals surface area contributed by atoms with Gasteiger partial charge in [-0.25, -0.2) is 0 Å². The first-order valence-electron chi connectivity index (χ1n) is 7.63. The van der Waals surface area contributed by atoms with Gasteiger partial charge in [0.1, 0.15) is 0 Å². The first-order chi connectivity index (χ1) is 11.6. The molecule has 0 aromatic heterocycles. The number of benzene rings is 2. The quantitative estimate of drug-likeness (QED) is 0.809. The topological polar surface area (TPSA) is 61.4 Å². The monoisotopic (exact) mass is 345 g/mol. The molecule has 2 rings (SSSR count). The van der Waals surface area contributed by atoms with Crippen LogP contribution in [0.25, 0.3) is 0 Å². The summed E-state index contributed by atoms with van der Waals surface area (Å²) in [6.07, 6.45) is 0. The summed E-state index contributed by atoms with van der Waals surface area (Å²) < 4.78 is 0. The van der Waals surface area contributed by atoms with Crippen LogP contribution in [0.5, 0.6) is 0 Å². The van der Waals surface area contributed by atoms with Crippen molar-refractivity contribution in [2.75, 3.05) is 31.6 Å². The normalized spacial score (nSPS) is 10.1. The van der Waals surface area contributed by atoms with Crippen molar-refractivity contribution in [3.63, 3.8) is 0 Å². The van der Waals surface area contributed by atoms with E-state index >= 15 is 0 Å². The molecule has 0 atom stereocenters. The highest BCUT2D eigenvalue weighted by Gasteiger charge is 2.10. The van der Waals surface area contributed by atoms with Crippen LogP contribution in [0.15, 0.2) is 54.6 Å². The summed E-state index contributed by atoms with van der Waals surface area (Å²) in [4.78, 5) is 25.8. The molecule has 2 aromatic rings. The second-order valence-electron chi connectivity index (χ2n) is 5.27. The molecule has 0 unspecified atom stereocenters. The summed E-state index contributed by atoms with van der Waals surface area (Å²) in [7, 11) is 1.96. The third kappa shape index (κ3) is 5.28. The number of hydrogen-bond donors (Lipinski definition) is 2. The largest absolute Gasteiger partial charge is 0.373 e. The Bertz CT molecular complexity index is 692. The van der Waals surface area contributed by atoms with Crippen molar-refractivity contribution >= 4 is 29.1 Å². The lowest BCUT2D eigenvalue weighted by Crippen LogP contribution is -2.40. The van der Waals surface area contributed by atoms with E-state index in [2.05, 4.69) is 10.6 Å². The van der Waals surface area contributed by atoms with Crippen LogP contribution < -0.4 is 15.5 Å². The van der Waals surface area contributed by atoms with Crippen LogP contribution in [-0.4, -0.2) is 38.5 Å². The van der Waals surface area contributed by atoms with Crippen LogP contribution in [0.2, 0.25) is 5.02 Å². The third-order valence-electron chi connectivity index (χ3n) is 3.49. The number of hydrogen-bond acceptors (Lipinski definition) is 3. The predicted molar refractivity (Wildman–Crippen MR) is 96.5 cm³/mol. The van der Waals surface area contributed by atoms with Gasteiger partial charge >= 0.3 is 0 Å². The van der Waals surface area contributed by atoms with Gasteiger partial charge in [-0.3, -0.25) is 9.59 Å². The first-order valence-corrected chi connectivity index (χ1v) is 8.01. The van der Waals surface area contributed by atoms with Gasteiger partial charge in [-0.1, -0.05) is 41.9 Å². The van der Waals surface area contributed by atoms with E-state index in [-0.39, 0.29) is 18.4 Å². The number of para-hydroxylation sites is 1. The number of amides is 2. The summed E-state index contributed by atoms with van der Waals surface area (Å²) in [6.45, 7) is 1.08. The fourth-order valence-corrected chi connectivity index (χ4v) is 2.36. The Balaban J connectivity index is 1.70. The lowest BCUT2D eigenvalue weighted by atomic mass is 10.2. The van der Waals surface area contributed by atoms with Crippen molar-refractivity contribution in [3.05, 3.63) is 65.2 Å². The Labute approximate surface area is 146 Å². The predicted octanol–water partition coefficient (Wildman–Crippen LogP) is 2.32. The van der Waals surface area contributed by atoms with Crippen LogP contribution in [0.3, 0.4) is 0 Å². The second-order valence-corrected chi connectivity index (χ2v) is 5.68.